The third-order valence-electron chi connectivity index (χ3n) is 2.15. The Morgan fingerprint density at radius 2 is 2.00 bits per heavy atom. The van der Waals surface area contributed by atoms with Crippen LogP contribution in [0.4, 0.5) is 0 Å². The molecule has 0 N–H and O–H groups in total. The van der Waals surface area contributed by atoms with E-state index in [-0.39, 0.29) is 0 Å². The summed E-state index contributed by atoms with van der Waals surface area (Å²) in [6.07, 6.45) is 5.26. The summed E-state index contributed by atoms with van der Waals surface area (Å²) in [4.78, 5) is 11.2. The van der Waals surface area contributed by atoms with Gasteiger partial charge in [-0.1, -0.05) is 12.8 Å². The predicted octanol–water partition coefficient (Wildman–Crippen LogP) is 2.37. The largest absolute Gasteiger partial charge is 0.299 e. The highest BCUT2D eigenvalue weighted by Crippen LogP contribution is 2.26. The second-order valence-electron chi connectivity index (χ2n) is 2.89. The van der Waals surface area contributed by atoms with E-state index in [0.717, 1.165) is 12.8 Å². The van der Waals surface area contributed by atoms with Crippen molar-refractivity contribution >= 4 is 17.4 Å². The molecule has 0 aliphatic heterocycles. The first-order valence-electron chi connectivity index (χ1n) is 3.93. The Morgan fingerprint density at radius 1 is 1.40 bits per heavy atom. The minimum atomic E-state index is 0.360. The van der Waals surface area contributed by atoms with Gasteiger partial charge in [0.2, 0.25) is 0 Å². The molecule has 0 bridgehead atoms. The van der Waals surface area contributed by atoms with Gasteiger partial charge in [-0.2, -0.15) is 0 Å². The summed E-state index contributed by atoms with van der Waals surface area (Å²) in [6, 6.07) is 0. The fraction of sp³-hybridized carbons (Fsp3) is 0.875. The normalized spacial score (nSPS) is 19.7. The molecule has 0 spiro atoms. The molecule has 1 nitrogen and oxygen atoms in total. The zero-order valence-corrected chi connectivity index (χ0v) is 6.86. The molecule has 0 saturated heterocycles. The van der Waals surface area contributed by atoms with E-state index in [4.69, 9.17) is 11.6 Å². The van der Waals surface area contributed by atoms with E-state index in [1.165, 1.54) is 12.8 Å². The second-order valence-corrected chi connectivity index (χ2v) is 3.26. The lowest BCUT2D eigenvalue weighted by Crippen LogP contribution is -2.10. The van der Waals surface area contributed by atoms with Crippen LogP contribution >= 0.6 is 11.6 Å². The Labute approximate surface area is 66.8 Å². The molecule has 0 aromatic rings. The molecule has 2 heteroatoms. The maximum Gasteiger partial charge on any atom is 0.137 e. The average molecular weight is 161 g/mol. The predicted molar refractivity (Wildman–Crippen MR) is 42.3 cm³/mol. The van der Waals surface area contributed by atoms with Gasteiger partial charge in [0.15, 0.2) is 0 Å². The van der Waals surface area contributed by atoms with Crippen LogP contribution < -0.4 is 0 Å². The van der Waals surface area contributed by atoms with Crippen molar-refractivity contribution in [2.24, 2.45) is 5.92 Å². The van der Waals surface area contributed by atoms with E-state index in [1.54, 1.807) is 0 Å². The maximum atomic E-state index is 11.2. The van der Waals surface area contributed by atoms with Gasteiger partial charge >= 0.3 is 0 Å². The molecule has 0 aromatic carbocycles. The van der Waals surface area contributed by atoms with E-state index < -0.39 is 0 Å². The number of alkyl halides is 1. The molecule has 1 fully saturated rings. The highest BCUT2D eigenvalue weighted by Gasteiger charge is 2.21. The van der Waals surface area contributed by atoms with E-state index in [9.17, 15) is 4.79 Å². The van der Waals surface area contributed by atoms with Crippen molar-refractivity contribution in [2.45, 2.75) is 32.1 Å². The smallest absolute Gasteiger partial charge is 0.137 e. The van der Waals surface area contributed by atoms with Crippen molar-refractivity contribution in [1.29, 1.82) is 0 Å². The summed E-state index contributed by atoms with van der Waals surface area (Å²) >= 11 is 5.45. The molecule has 1 aliphatic carbocycles. The van der Waals surface area contributed by atoms with Gasteiger partial charge in [-0.05, 0) is 12.8 Å². The summed E-state index contributed by atoms with van der Waals surface area (Å²) in [5.74, 6) is 1.24. The minimum Gasteiger partial charge on any atom is -0.299 e. The zero-order valence-electron chi connectivity index (χ0n) is 6.11. The van der Waals surface area contributed by atoms with Gasteiger partial charge in [-0.3, -0.25) is 4.79 Å². The van der Waals surface area contributed by atoms with Crippen LogP contribution in [0.5, 0.6) is 0 Å². The van der Waals surface area contributed by atoms with E-state index >= 15 is 0 Å². The Bertz CT molecular complexity index is 116. The number of halogens is 1. The Balaban J connectivity index is 2.25. The fourth-order valence-electron chi connectivity index (χ4n) is 1.55. The molecule has 1 aliphatic rings. The number of ketones is 1. The standard InChI is InChI=1S/C8H13ClO/c9-6-5-8(10)7-3-1-2-4-7/h7H,1-6H2. The molecule has 0 atom stereocenters. The molecule has 1 saturated carbocycles. The summed E-state index contributed by atoms with van der Waals surface area (Å²) < 4.78 is 0. The van der Waals surface area contributed by atoms with Gasteiger partial charge in [0.05, 0.1) is 0 Å². The van der Waals surface area contributed by atoms with Crippen molar-refractivity contribution < 1.29 is 4.79 Å². The van der Waals surface area contributed by atoms with Crippen LogP contribution in [0, 0.1) is 5.92 Å². The number of Topliss-reactive ketones (excluding diaryl/α,β-unsaturated/α-hetero) is 1. The maximum absolute atomic E-state index is 11.2. The van der Waals surface area contributed by atoms with Crippen molar-refractivity contribution in [3.8, 4) is 0 Å². The first-order valence-corrected chi connectivity index (χ1v) is 4.46. The summed E-state index contributed by atoms with van der Waals surface area (Å²) in [5.41, 5.74) is 0. The molecule has 0 unspecified atom stereocenters. The third kappa shape index (κ3) is 1.98. The van der Waals surface area contributed by atoms with Gasteiger partial charge < -0.3 is 0 Å². The van der Waals surface area contributed by atoms with Crippen molar-refractivity contribution in [3.63, 3.8) is 0 Å². The Morgan fingerprint density at radius 3 is 2.50 bits per heavy atom. The molecule has 10 heavy (non-hydrogen) atoms. The Hall–Kier alpha value is -0.0400. The van der Waals surface area contributed by atoms with Crippen LogP contribution in [0.25, 0.3) is 0 Å². The molecule has 1 rings (SSSR count). The van der Waals surface area contributed by atoms with Crippen molar-refractivity contribution in [3.05, 3.63) is 0 Å². The lowest BCUT2D eigenvalue weighted by molar-refractivity contribution is -0.122. The van der Waals surface area contributed by atoms with Gasteiger partial charge in [0, 0.05) is 18.2 Å². The van der Waals surface area contributed by atoms with Gasteiger partial charge in [0.25, 0.3) is 0 Å². The third-order valence-corrected chi connectivity index (χ3v) is 2.34. The van der Waals surface area contributed by atoms with Crippen LogP contribution in [-0.2, 0) is 4.79 Å². The van der Waals surface area contributed by atoms with Crippen molar-refractivity contribution in [2.75, 3.05) is 5.88 Å². The molecule has 0 heterocycles. The van der Waals surface area contributed by atoms with Crippen molar-refractivity contribution in [1.82, 2.24) is 0 Å². The van der Waals surface area contributed by atoms with Gasteiger partial charge in [-0.25, -0.2) is 0 Å². The zero-order chi connectivity index (χ0) is 7.40. The number of hydrogen-bond acceptors (Lipinski definition) is 1. The lowest BCUT2D eigenvalue weighted by Gasteiger charge is -2.04. The van der Waals surface area contributed by atoms with Crippen LogP contribution in [-0.4, -0.2) is 11.7 Å². The summed E-state index contributed by atoms with van der Waals surface area (Å²) in [7, 11) is 0. The first kappa shape index (κ1) is 8.06. The van der Waals surface area contributed by atoms with Crippen LogP contribution in [0.3, 0.4) is 0 Å². The van der Waals surface area contributed by atoms with Crippen LogP contribution in [0.1, 0.15) is 32.1 Å². The molecule has 0 aromatic heterocycles. The monoisotopic (exact) mass is 160 g/mol. The summed E-state index contributed by atoms with van der Waals surface area (Å²) in [6.45, 7) is 0. The number of rotatable bonds is 3. The Kier molecular flexibility index (Phi) is 3.20. The number of carbonyl (C=O) groups is 1. The number of hydrogen-bond donors (Lipinski definition) is 0. The topological polar surface area (TPSA) is 17.1 Å². The summed E-state index contributed by atoms with van der Waals surface area (Å²) in [5, 5.41) is 0. The van der Waals surface area contributed by atoms with Gasteiger partial charge in [0.1, 0.15) is 5.78 Å². The molecular weight excluding hydrogens is 148 g/mol. The minimum absolute atomic E-state index is 0.360. The molecule has 58 valence electrons. The highest BCUT2D eigenvalue weighted by atomic mass is 35.5. The number of carbonyl (C=O) groups excluding carboxylic acids is 1. The van der Waals surface area contributed by atoms with Crippen LogP contribution in [0.15, 0.2) is 0 Å². The second kappa shape index (κ2) is 3.97. The van der Waals surface area contributed by atoms with E-state index in [2.05, 4.69) is 0 Å². The quantitative estimate of drug-likeness (QED) is 0.580. The SMILES string of the molecule is O=C(CCCl)C1CCCC1. The first-order chi connectivity index (χ1) is 4.84. The van der Waals surface area contributed by atoms with Gasteiger partial charge in [-0.15, -0.1) is 11.6 Å². The van der Waals surface area contributed by atoms with E-state index in [1.807, 2.05) is 0 Å². The molecular formula is C8H13ClO. The fourth-order valence-corrected chi connectivity index (χ4v) is 1.73. The average Bonchev–Trinajstić information content (AvgIpc) is 2.38. The van der Waals surface area contributed by atoms with Crippen LogP contribution in [0.2, 0.25) is 0 Å². The van der Waals surface area contributed by atoms with E-state index in [0.29, 0.717) is 24.0 Å². The molecule has 0 radical (unpaired) electrons. The lowest BCUT2D eigenvalue weighted by atomic mass is 10.0. The molecule has 0 amide bonds. The highest BCUT2D eigenvalue weighted by molar-refractivity contribution is 6.19.